The van der Waals surface area contributed by atoms with E-state index < -0.39 is 12.1 Å². The predicted octanol–water partition coefficient (Wildman–Crippen LogP) is 1.15. The molecule has 0 radical (unpaired) electrons. The summed E-state index contributed by atoms with van der Waals surface area (Å²) >= 11 is 0. The highest BCUT2D eigenvalue weighted by molar-refractivity contribution is 6.00. The Bertz CT molecular complexity index is 324. The molecule has 3 N–H and O–H groups in total. The third kappa shape index (κ3) is 3.14. The normalized spacial score (nSPS) is 8.93. The van der Waals surface area contributed by atoms with Gasteiger partial charge in [0.2, 0.25) is 0 Å². The monoisotopic (exact) mass is 193 g/mol. The van der Waals surface area contributed by atoms with Crippen LogP contribution in [0.5, 0.6) is 0 Å². The summed E-state index contributed by atoms with van der Waals surface area (Å²) in [5.74, 6) is 0. The number of nitrogens with one attached hydrogen (secondary N) is 3. The fourth-order valence-electron chi connectivity index (χ4n) is 0.849. The van der Waals surface area contributed by atoms with Crippen molar-refractivity contribution in [3.63, 3.8) is 0 Å². The van der Waals surface area contributed by atoms with Crippen LogP contribution < -0.4 is 16.0 Å². The number of benzene rings is 1. The van der Waals surface area contributed by atoms with Gasteiger partial charge in [-0.3, -0.25) is 5.32 Å². The zero-order valence-corrected chi connectivity index (χ0v) is 7.70. The third-order valence-electron chi connectivity index (χ3n) is 1.49. The maximum Gasteiger partial charge on any atom is 0.327 e. The number of para-hydroxylation sites is 1. The summed E-state index contributed by atoms with van der Waals surface area (Å²) in [4.78, 5) is 21.8. The van der Waals surface area contributed by atoms with Crippen molar-refractivity contribution in [2.75, 3.05) is 12.4 Å². The molecule has 0 aliphatic carbocycles. The van der Waals surface area contributed by atoms with Crippen LogP contribution in [0.2, 0.25) is 0 Å². The fraction of sp³-hybridized carbons (Fsp3) is 0.111. The Balaban J connectivity index is 2.46. The Morgan fingerprint density at radius 3 is 2.29 bits per heavy atom. The highest BCUT2D eigenvalue weighted by Gasteiger charge is 2.04. The van der Waals surface area contributed by atoms with E-state index in [0.717, 1.165) is 0 Å². The maximum atomic E-state index is 11.1. The second-order valence-electron chi connectivity index (χ2n) is 2.52. The summed E-state index contributed by atoms with van der Waals surface area (Å²) in [6.45, 7) is 0. The van der Waals surface area contributed by atoms with Crippen LogP contribution in [0.4, 0.5) is 15.3 Å². The molecule has 1 aromatic carbocycles. The zero-order valence-electron chi connectivity index (χ0n) is 7.70. The number of carbonyl (C=O) groups is 2. The van der Waals surface area contributed by atoms with Crippen LogP contribution in [0.1, 0.15) is 0 Å². The highest BCUT2D eigenvalue weighted by Crippen LogP contribution is 2.03. The lowest BCUT2D eigenvalue weighted by molar-refractivity contribution is 0.234. The van der Waals surface area contributed by atoms with E-state index in [1.54, 1.807) is 24.3 Å². The van der Waals surface area contributed by atoms with Gasteiger partial charge in [0.05, 0.1) is 0 Å². The van der Waals surface area contributed by atoms with Crippen LogP contribution in [0.25, 0.3) is 0 Å². The molecule has 5 nitrogen and oxygen atoms in total. The quantitative estimate of drug-likeness (QED) is 0.626. The molecule has 0 saturated heterocycles. The van der Waals surface area contributed by atoms with Crippen LogP contribution in [0.15, 0.2) is 30.3 Å². The molecule has 0 unspecified atom stereocenters. The van der Waals surface area contributed by atoms with E-state index in [-0.39, 0.29) is 0 Å². The van der Waals surface area contributed by atoms with Gasteiger partial charge < -0.3 is 10.6 Å². The van der Waals surface area contributed by atoms with Crippen molar-refractivity contribution in [3.05, 3.63) is 30.3 Å². The molecule has 4 amide bonds. The topological polar surface area (TPSA) is 70.2 Å². The largest absolute Gasteiger partial charge is 0.341 e. The van der Waals surface area contributed by atoms with E-state index >= 15 is 0 Å². The molecule has 0 spiro atoms. The van der Waals surface area contributed by atoms with Crippen molar-refractivity contribution in [3.8, 4) is 0 Å². The van der Waals surface area contributed by atoms with Crippen LogP contribution in [-0.2, 0) is 0 Å². The highest BCUT2D eigenvalue weighted by atomic mass is 16.2. The molecule has 0 fully saturated rings. The van der Waals surface area contributed by atoms with Crippen LogP contribution >= 0.6 is 0 Å². The summed E-state index contributed by atoms with van der Waals surface area (Å²) in [5, 5.41) is 6.85. The maximum absolute atomic E-state index is 11.1. The summed E-state index contributed by atoms with van der Waals surface area (Å²) in [5.41, 5.74) is 0.633. The third-order valence-corrected chi connectivity index (χ3v) is 1.49. The van der Waals surface area contributed by atoms with Crippen molar-refractivity contribution in [1.82, 2.24) is 10.6 Å². The van der Waals surface area contributed by atoms with Crippen LogP contribution in [-0.4, -0.2) is 19.1 Å². The lowest BCUT2D eigenvalue weighted by atomic mass is 10.3. The first kappa shape index (κ1) is 10.0. The number of urea groups is 2. The van der Waals surface area contributed by atoms with E-state index in [4.69, 9.17) is 0 Å². The van der Waals surface area contributed by atoms with Crippen molar-refractivity contribution in [2.45, 2.75) is 0 Å². The van der Waals surface area contributed by atoms with E-state index in [2.05, 4.69) is 16.0 Å². The molecular weight excluding hydrogens is 182 g/mol. The van der Waals surface area contributed by atoms with Gasteiger partial charge in [-0.25, -0.2) is 9.59 Å². The van der Waals surface area contributed by atoms with Gasteiger partial charge in [-0.15, -0.1) is 0 Å². The first-order chi connectivity index (χ1) is 6.72. The first-order valence-corrected chi connectivity index (χ1v) is 4.07. The molecule has 0 saturated carbocycles. The fourth-order valence-corrected chi connectivity index (χ4v) is 0.849. The molecule has 0 aromatic heterocycles. The van der Waals surface area contributed by atoms with Gasteiger partial charge in [-0.05, 0) is 12.1 Å². The number of imide groups is 1. The molecule has 0 bridgehead atoms. The number of anilines is 1. The van der Waals surface area contributed by atoms with Crippen molar-refractivity contribution < 1.29 is 9.59 Å². The summed E-state index contributed by atoms with van der Waals surface area (Å²) in [6.07, 6.45) is 0. The van der Waals surface area contributed by atoms with E-state index in [1.165, 1.54) is 7.05 Å². The number of rotatable bonds is 1. The minimum Gasteiger partial charge on any atom is -0.341 e. The number of carbonyl (C=O) groups excluding carboxylic acids is 2. The summed E-state index contributed by atoms with van der Waals surface area (Å²) in [7, 11) is 1.44. The minimum absolute atomic E-state index is 0.543. The molecule has 0 aliphatic rings. The lowest BCUT2D eigenvalue weighted by Crippen LogP contribution is -2.39. The summed E-state index contributed by atoms with van der Waals surface area (Å²) in [6, 6.07) is 7.76. The molecule has 5 heteroatoms. The molecule has 1 aromatic rings. The van der Waals surface area contributed by atoms with E-state index in [9.17, 15) is 9.59 Å². The SMILES string of the molecule is CNC(=O)NC(=O)Nc1ccccc1. The molecule has 1 rings (SSSR count). The van der Waals surface area contributed by atoms with Crippen LogP contribution in [0, 0.1) is 0 Å². The minimum atomic E-state index is -0.560. The average molecular weight is 193 g/mol. The Morgan fingerprint density at radius 1 is 1.07 bits per heavy atom. The molecule has 0 atom stereocenters. The summed E-state index contributed by atoms with van der Waals surface area (Å²) < 4.78 is 0. The Morgan fingerprint density at radius 2 is 1.71 bits per heavy atom. The standard InChI is InChI=1S/C9H11N3O2/c1-10-8(13)12-9(14)11-7-5-3-2-4-6-7/h2-6H,1H3,(H3,10,11,12,13,14). The second kappa shape index (κ2) is 4.86. The van der Waals surface area contributed by atoms with Crippen molar-refractivity contribution in [2.24, 2.45) is 0 Å². The van der Waals surface area contributed by atoms with Gasteiger partial charge in [-0.2, -0.15) is 0 Å². The smallest absolute Gasteiger partial charge is 0.327 e. The Labute approximate surface area is 81.5 Å². The van der Waals surface area contributed by atoms with Crippen LogP contribution in [0.3, 0.4) is 0 Å². The van der Waals surface area contributed by atoms with E-state index in [0.29, 0.717) is 5.69 Å². The predicted molar refractivity (Wildman–Crippen MR) is 53.1 cm³/mol. The first-order valence-electron chi connectivity index (χ1n) is 4.07. The van der Waals surface area contributed by atoms with Gasteiger partial charge in [0.1, 0.15) is 0 Å². The van der Waals surface area contributed by atoms with E-state index in [1.807, 2.05) is 6.07 Å². The van der Waals surface area contributed by atoms with Gasteiger partial charge in [0.15, 0.2) is 0 Å². The lowest BCUT2D eigenvalue weighted by Gasteiger charge is -2.05. The number of hydrogen-bond donors (Lipinski definition) is 3. The number of amides is 4. The van der Waals surface area contributed by atoms with Gasteiger partial charge >= 0.3 is 12.1 Å². The molecule has 0 aliphatic heterocycles. The second-order valence-corrected chi connectivity index (χ2v) is 2.52. The van der Waals surface area contributed by atoms with Gasteiger partial charge in [-0.1, -0.05) is 18.2 Å². The average Bonchev–Trinajstić information content (AvgIpc) is 2.19. The Kier molecular flexibility index (Phi) is 3.49. The van der Waals surface area contributed by atoms with Gasteiger partial charge in [0.25, 0.3) is 0 Å². The number of hydrogen-bond acceptors (Lipinski definition) is 2. The molecular formula is C9H11N3O2. The van der Waals surface area contributed by atoms with Crippen molar-refractivity contribution in [1.29, 1.82) is 0 Å². The zero-order chi connectivity index (χ0) is 10.4. The van der Waals surface area contributed by atoms with Gasteiger partial charge in [0, 0.05) is 12.7 Å². The Hall–Kier alpha value is -2.04. The van der Waals surface area contributed by atoms with Crippen molar-refractivity contribution >= 4 is 17.7 Å². The molecule has 74 valence electrons. The molecule has 0 heterocycles. The molecule has 14 heavy (non-hydrogen) atoms.